The maximum atomic E-state index is 12.6. The number of unbranched alkanes of at least 4 members (excludes halogenated alkanes) is 1. The maximum absolute atomic E-state index is 12.6. The van der Waals surface area contributed by atoms with Crippen molar-refractivity contribution in [2.24, 2.45) is 11.7 Å². The molecule has 0 bridgehead atoms. The molecule has 0 aromatic carbocycles. The van der Waals surface area contributed by atoms with Gasteiger partial charge in [0.1, 0.15) is 17.9 Å². The Bertz CT molecular complexity index is 566. The Kier molecular flexibility index (Phi) is 13.3. The normalized spacial score (nSPS) is 15.6. The number of carboxylic acid groups (broad SMARTS) is 1. The van der Waals surface area contributed by atoms with Crippen LogP contribution in [0.5, 0.6) is 0 Å². The number of alkyl carbamates (subject to hydrolysis) is 1. The summed E-state index contributed by atoms with van der Waals surface area (Å²) in [5, 5.41) is 36.6. The van der Waals surface area contributed by atoms with Gasteiger partial charge in [0.2, 0.25) is 5.91 Å². The summed E-state index contributed by atoms with van der Waals surface area (Å²) in [6.07, 6.45) is -0.137. The number of aliphatic carboxylic acids is 1. The fraction of sp³-hybridized carbons (Fsp3) is 0.850. The first-order valence-electron chi connectivity index (χ1n) is 10.6. The Morgan fingerprint density at radius 1 is 1.06 bits per heavy atom. The van der Waals surface area contributed by atoms with E-state index in [1.165, 1.54) is 0 Å². The third-order valence-corrected chi connectivity index (χ3v) is 4.24. The van der Waals surface area contributed by atoms with Crippen molar-refractivity contribution in [2.45, 2.75) is 90.3 Å². The number of carbonyl (C=O) groups excluding carboxylic acids is 2. The minimum Gasteiger partial charge on any atom is -0.480 e. The number of amides is 2. The molecule has 11 heteroatoms. The van der Waals surface area contributed by atoms with Gasteiger partial charge in [-0.15, -0.1) is 0 Å². The molecule has 0 heterocycles. The number of aliphatic hydroxyl groups excluding tert-OH is 2. The molecule has 0 fully saturated rings. The van der Waals surface area contributed by atoms with Crippen LogP contribution in [0.2, 0.25) is 0 Å². The average Bonchev–Trinajstić information content (AvgIpc) is 2.62. The molecule has 0 rings (SSSR count). The molecule has 0 radical (unpaired) electrons. The van der Waals surface area contributed by atoms with Gasteiger partial charge in [-0.05, 0) is 52.5 Å². The molecule has 0 aromatic heterocycles. The first-order valence-corrected chi connectivity index (χ1v) is 10.6. The zero-order valence-corrected chi connectivity index (χ0v) is 19.2. The number of rotatable bonds is 14. The molecular weight excluding hydrogens is 408 g/mol. The molecular formula is C20H40N4O7. The van der Waals surface area contributed by atoms with Crippen LogP contribution in [0.1, 0.15) is 60.3 Å². The SMILES string of the molecule is CC(C)C[C@H](NC(=O)OC(C)(C)C)C(O)N[C@H](CCCCN)C(=O)N[C@@H](CO)C(=O)O. The third-order valence-electron chi connectivity index (χ3n) is 4.24. The standard InChI is InChI=1S/C20H40N4O7/c1-12(2)10-14(24-19(30)31-20(3,4)5)17(27)22-13(8-6-7-9-21)16(26)23-15(11-25)18(28)29/h12-15,17,22,25,27H,6-11,21H2,1-5H3,(H,23,26)(H,24,30)(H,28,29)/t13-,14+,15+,17?/m1/s1. The van der Waals surface area contributed by atoms with Crippen molar-refractivity contribution in [3.05, 3.63) is 0 Å². The Morgan fingerprint density at radius 3 is 2.13 bits per heavy atom. The van der Waals surface area contributed by atoms with Crippen molar-refractivity contribution in [1.29, 1.82) is 0 Å². The van der Waals surface area contributed by atoms with Crippen molar-refractivity contribution in [2.75, 3.05) is 13.2 Å². The quantitative estimate of drug-likeness (QED) is 0.141. The van der Waals surface area contributed by atoms with Gasteiger partial charge in [0.25, 0.3) is 0 Å². The lowest BCUT2D eigenvalue weighted by Gasteiger charge is -2.31. The van der Waals surface area contributed by atoms with Crippen LogP contribution >= 0.6 is 0 Å². The molecule has 31 heavy (non-hydrogen) atoms. The molecule has 0 spiro atoms. The van der Waals surface area contributed by atoms with Crippen molar-refractivity contribution in [3.8, 4) is 0 Å². The van der Waals surface area contributed by atoms with E-state index in [9.17, 15) is 19.5 Å². The lowest BCUT2D eigenvalue weighted by Crippen LogP contribution is -2.58. The van der Waals surface area contributed by atoms with Crippen molar-refractivity contribution >= 4 is 18.0 Å². The van der Waals surface area contributed by atoms with E-state index in [4.69, 9.17) is 20.7 Å². The van der Waals surface area contributed by atoms with Gasteiger partial charge in [0.15, 0.2) is 0 Å². The lowest BCUT2D eigenvalue weighted by molar-refractivity contribution is -0.143. The highest BCUT2D eigenvalue weighted by atomic mass is 16.6. The van der Waals surface area contributed by atoms with Gasteiger partial charge in [-0.3, -0.25) is 10.1 Å². The molecule has 182 valence electrons. The fourth-order valence-corrected chi connectivity index (χ4v) is 2.80. The lowest BCUT2D eigenvalue weighted by atomic mass is 10.0. The Labute approximate surface area is 184 Å². The van der Waals surface area contributed by atoms with E-state index < -0.39 is 54.5 Å². The van der Waals surface area contributed by atoms with E-state index in [1.807, 2.05) is 13.8 Å². The number of aliphatic hydroxyl groups is 2. The smallest absolute Gasteiger partial charge is 0.408 e. The van der Waals surface area contributed by atoms with Gasteiger partial charge in [-0.1, -0.05) is 20.3 Å². The molecule has 2 amide bonds. The number of carbonyl (C=O) groups is 3. The summed E-state index contributed by atoms with van der Waals surface area (Å²) in [5.74, 6) is -1.94. The van der Waals surface area contributed by atoms with Crippen LogP contribution in [-0.4, -0.2) is 76.4 Å². The molecule has 8 N–H and O–H groups in total. The van der Waals surface area contributed by atoms with E-state index in [2.05, 4.69) is 16.0 Å². The van der Waals surface area contributed by atoms with Crippen molar-refractivity contribution in [1.82, 2.24) is 16.0 Å². The largest absolute Gasteiger partial charge is 0.480 e. The molecule has 0 saturated heterocycles. The second-order valence-corrected chi connectivity index (χ2v) is 8.91. The summed E-state index contributed by atoms with van der Waals surface area (Å²) >= 11 is 0. The number of nitrogens with one attached hydrogen (secondary N) is 3. The van der Waals surface area contributed by atoms with Gasteiger partial charge in [0, 0.05) is 0 Å². The molecule has 4 atom stereocenters. The van der Waals surface area contributed by atoms with Crippen LogP contribution < -0.4 is 21.7 Å². The predicted molar refractivity (Wildman–Crippen MR) is 115 cm³/mol. The Balaban J connectivity index is 5.34. The monoisotopic (exact) mass is 448 g/mol. The van der Waals surface area contributed by atoms with Crippen LogP contribution in [0.3, 0.4) is 0 Å². The first-order chi connectivity index (χ1) is 14.3. The number of hydrogen-bond donors (Lipinski definition) is 7. The molecule has 0 saturated carbocycles. The van der Waals surface area contributed by atoms with Gasteiger partial charge in [0.05, 0.1) is 18.7 Å². The van der Waals surface area contributed by atoms with Gasteiger partial charge in [-0.25, -0.2) is 9.59 Å². The van der Waals surface area contributed by atoms with Gasteiger partial charge < -0.3 is 36.4 Å². The van der Waals surface area contributed by atoms with E-state index in [0.29, 0.717) is 25.8 Å². The summed E-state index contributed by atoms with van der Waals surface area (Å²) in [6.45, 7) is 8.64. The molecule has 1 unspecified atom stereocenters. The number of ether oxygens (including phenoxy) is 1. The highest BCUT2D eigenvalue weighted by molar-refractivity contribution is 5.87. The summed E-state index contributed by atoms with van der Waals surface area (Å²) in [7, 11) is 0. The average molecular weight is 449 g/mol. The maximum Gasteiger partial charge on any atom is 0.408 e. The minimum absolute atomic E-state index is 0.117. The van der Waals surface area contributed by atoms with E-state index in [0.717, 1.165) is 0 Å². The zero-order valence-electron chi connectivity index (χ0n) is 19.2. The third kappa shape index (κ3) is 13.1. The highest BCUT2D eigenvalue weighted by Gasteiger charge is 2.30. The van der Waals surface area contributed by atoms with Crippen LogP contribution in [0.4, 0.5) is 4.79 Å². The van der Waals surface area contributed by atoms with Gasteiger partial charge >= 0.3 is 12.1 Å². The van der Waals surface area contributed by atoms with Gasteiger partial charge in [-0.2, -0.15) is 0 Å². The van der Waals surface area contributed by atoms with Crippen molar-refractivity contribution in [3.63, 3.8) is 0 Å². The van der Waals surface area contributed by atoms with Crippen molar-refractivity contribution < 1.29 is 34.4 Å². The van der Waals surface area contributed by atoms with Crippen LogP contribution in [0.25, 0.3) is 0 Å². The molecule has 11 nitrogen and oxygen atoms in total. The van der Waals surface area contributed by atoms with Crippen LogP contribution in [0, 0.1) is 5.92 Å². The van der Waals surface area contributed by atoms with E-state index in [1.54, 1.807) is 20.8 Å². The first kappa shape index (κ1) is 29.1. The summed E-state index contributed by atoms with van der Waals surface area (Å²) < 4.78 is 5.25. The number of carboxylic acids is 1. The molecule has 0 aliphatic heterocycles. The summed E-state index contributed by atoms with van der Waals surface area (Å²) in [5.41, 5.74) is 4.78. The molecule has 0 aliphatic rings. The van der Waals surface area contributed by atoms with Crippen LogP contribution in [0.15, 0.2) is 0 Å². The second-order valence-electron chi connectivity index (χ2n) is 8.91. The van der Waals surface area contributed by atoms with E-state index in [-0.39, 0.29) is 12.3 Å². The summed E-state index contributed by atoms with van der Waals surface area (Å²) in [6, 6.07) is -3.17. The van der Waals surface area contributed by atoms with Crippen LogP contribution in [-0.2, 0) is 14.3 Å². The topological polar surface area (TPSA) is 183 Å². The highest BCUT2D eigenvalue weighted by Crippen LogP contribution is 2.12. The second kappa shape index (κ2) is 14.2. The zero-order chi connectivity index (χ0) is 24.2. The van der Waals surface area contributed by atoms with E-state index >= 15 is 0 Å². The Morgan fingerprint density at radius 2 is 1.68 bits per heavy atom. The number of nitrogens with two attached hydrogens (primary N) is 1. The predicted octanol–water partition coefficient (Wildman–Crippen LogP) is -0.107. The summed E-state index contributed by atoms with van der Waals surface area (Å²) in [4.78, 5) is 35.9. The Hall–Kier alpha value is -1.95. The molecule has 0 aromatic rings. The minimum atomic E-state index is -1.46. The fourth-order valence-electron chi connectivity index (χ4n) is 2.80. The number of hydrogen-bond acceptors (Lipinski definition) is 8. The molecule has 0 aliphatic carbocycles.